The summed E-state index contributed by atoms with van der Waals surface area (Å²) in [5.74, 6) is -0.0335. The molecule has 104 valence electrons. The Hall–Kier alpha value is -1.38. The summed E-state index contributed by atoms with van der Waals surface area (Å²) in [7, 11) is 0. The third-order valence-corrected chi connectivity index (χ3v) is 4.31. The Kier molecular flexibility index (Phi) is 4.23. The Labute approximate surface area is 114 Å². The van der Waals surface area contributed by atoms with E-state index >= 15 is 0 Å². The number of carbonyl (C=O) groups excluding carboxylic acids is 1. The molecule has 0 saturated heterocycles. The molecule has 2 nitrogen and oxygen atoms in total. The van der Waals surface area contributed by atoms with Gasteiger partial charge in [-0.2, -0.15) is 0 Å². The predicted octanol–water partition coefficient (Wildman–Crippen LogP) is 3.51. The number of likely N-dealkylation sites (N-methyl/N-ethyl adjacent to an activating group) is 1. The first kappa shape index (κ1) is 14.0. The van der Waals surface area contributed by atoms with E-state index in [1.165, 1.54) is 12.1 Å². The van der Waals surface area contributed by atoms with E-state index in [1.807, 2.05) is 18.7 Å². The highest BCUT2D eigenvalue weighted by molar-refractivity contribution is 5.88. The van der Waals surface area contributed by atoms with Gasteiger partial charge < -0.3 is 4.90 Å². The normalized spacial score (nSPS) is 17.4. The zero-order chi connectivity index (χ0) is 13.9. The van der Waals surface area contributed by atoms with Crippen molar-refractivity contribution in [2.24, 2.45) is 0 Å². The summed E-state index contributed by atoms with van der Waals surface area (Å²) in [6.07, 6.45) is 3.91. The maximum Gasteiger partial charge on any atom is 0.233 e. The molecule has 0 N–H and O–H groups in total. The quantitative estimate of drug-likeness (QED) is 0.814. The number of hydrogen-bond acceptors (Lipinski definition) is 1. The van der Waals surface area contributed by atoms with Crippen LogP contribution in [0.25, 0.3) is 0 Å². The Balaban J connectivity index is 2.37. The molecule has 1 aromatic rings. The van der Waals surface area contributed by atoms with E-state index in [2.05, 4.69) is 0 Å². The molecule has 0 atom stereocenters. The van der Waals surface area contributed by atoms with Crippen LogP contribution in [0.15, 0.2) is 24.3 Å². The Morgan fingerprint density at radius 1 is 1.16 bits per heavy atom. The fourth-order valence-corrected chi connectivity index (χ4v) is 3.19. The molecule has 1 fully saturated rings. The van der Waals surface area contributed by atoms with E-state index in [-0.39, 0.29) is 11.7 Å². The van der Waals surface area contributed by atoms with E-state index in [1.54, 1.807) is 12.1 Å². The van der Waals surface area contributed by atoms with Crippen LogP contribution in [0.2, 0.25) is 0 Å². The van der Waals surface area contributed by atoms with Gasteiger partial charge in [0.2, 0.25) is 5.91 Å². The van der Waals surface area contributed by atoms with E-state index in [0.717, 1.165) is 44.3 Å². The minimum atomic E-state index is -0.417. The number of carbonyl (C=O) groups is 1. The predicted molar refractivity (Wildman–Crippen MR) is 74.5 cm³/mol. The third kappa shape index (κ3) is 2.51. The molecule has 2 rings (SSSR count). The highest BCUT2D eigenvalue weighted by atomic mass is 19.1. The van der Waals surface area contributed by atoms with Gasteiger partial charge in [-0.1, -0.05) is 25.0 Å². The van der Waals surface area contributed by atoms with Gasteiger partial charge in [-0.05, 0) is 44.4 Å². The first-order chi connectivity index (χ1) is 9.14. The van der Waals surface area contributed by atoms with Crippen LogP contribution in [0.1, 0.15) is 45.1 Å². The van der Waals surface area contributed by atoms with Gasteiger partial charge in [0.25, 0.3) is 0 Å². The lowest BCUT2D eigenvalue weighted by Crippen LogP contribution is -2.45. The Morgan fingerprint density at radius 3 is 2.16 bits per heavy atom. The van der Waals surface area contributed by atoms with E-state index in [4.69, 9.17) is 0 Å². The first-order valence-corrected chi connectivity index (χ1v) is 7.19. The second kappa shape index (κ2) is 5.72. The largest absolute Gasteiger partial charge is 0.342 e. The molecule has 1 saturated carbocycles. The van der Waals surface area contributed by atoms with E-state index in [0.29, 0.717) is 0 Å². The van der Waals surface area contributed by atoms with Gasteiger partial charge in [-0.15, -0.1) is 0 Å². The second-order valence-corrected chi connectivity index (χ2v) is 5.27. The van der Waals surface area contributed by atoms with Crippen molar-refractivity contribution >= 4 is 5.91 Å². The van der Waals surface area contributed by atoms with Crippen LogP contribution < -0.4 is 0 Å². The van der Waals surface area contributed by atoms with Crippen molar-refractivity contribution in [2.45, 2.75) is 44.9 Å². The number of hydrogen-bond donors (Lipinski definition) is 0. The van der Waals surface area contributed by atoms with Crippen molar-refractivity contribution in [1.29, 1.82) is 0 Å². The number of nitrogens with zero attached hydrogens (tertiary/aromatic N) is 1. The summed E-state index contributed by atoms with van der Waals surface area (Å²) in [4.78, 5) is 14.7. The molecular weight excluding hydrogens is 241 g/mol. The van der Waals surface area contributed by atoms with Crippen LogP contribution in [0.5, 0.6) is 0 Å². The van der Waals surface area contributed by atoms with Gasteiger partial charge in [0, 0.05) is 13.1 Å². The van der Waals surface area contributed by atoms with E-state index < -0.39 is 5.41 Å². The van der Waals surface area contributed by atoms with Crippen LogP contribution in [0.4, 0.5) is 4.39 Å². The molecule has 3 heteroatoms. The average Bonchev–Trinajstić information content (AvgIpc) is 2.91. The van der Waals surface area contributed by atoms with Gasteiger partial charge in [-0.3, -0.25) is 4.79 Å². The van der Waals surface area contributed by atoms with Gasteiger partial charge >= 0.3 is 0 Å². The summed E-state index contributed by atoms with van der Waals surface area (Å²) in [5, 5.41) is 0. The molecule has 1 aromatic carbocycles. The summed E-state index contributed by atoms with van der Waals surface area (Å²) < 4.78 is 13.1. The molecule has 19 heavy (non-hydrogen) atoms. The maximum absolute atomic E-state index is 13.1. The van der Waals surface area contributed by atoms with Crippen LogP contribution in [0.3, 0.4) is 0 Å². The molecule has 0 radical (unpaired) electrons. The van der Waals surface area contributed by atoms with Gasteiger partial charge in [0.15, 0.2) is 0 Å². The van der Waals surface area contributed by atoms with Crippen LogP contribution in [-0.2, 0) is 10.2 Å². The lowest BCUT2D eigenvalue weighted by Gasteiger charge is -2.34. The number of benzene rings is 1. The molecule has 1 amide bonds. The van der Waals surface area contributed by atoms with Crippen molar-refractivity contribution in [3.63, 3.8) is 0 Å². The van der Waals surface area contributed by atoms with Crippen LogP contribution >= 0.6 is 0 Å². The highest BCUT2D eigenvalue weighted by Gasteiger charge is 2.44. The Bertz CT molecular complexity index is 431. The lowest BCUT2D eigenvalue weighted by atomic mass is 9.77. The molecule has 0 aromatic heterocycles. The molecule has 0 heterocycles. The topological polar surface area (TPSA) is 20.3 Å². The minimum Gasteiger partial charge on any atom is -0.342 e. The molecule has 1 aliphatic carbocycles. The minimum absolute atomic E-state index is 0.210. The fraction of sp³-hybridized carbons (Fsp3) is 0.562. The van der Waals surface area contributed by atoms with Crippen molar-refractivity contribution < 1.29 is 9.18 Å². The second-order valence-electron chi connectivity index (χ2n) is 5.27. The monoisotopic (exact) mass is 263 g/mol. The molecule has 0 spiro atoms. The smallest absolute Gasteiger partial charge is 0.233 e. The van der Waals surface area contributed by atoms with Gasteiger partial charge in [0.1, 0.15) is 5.82 Å². The summed E-state index contributed by atoms with van der Waals surface area (Å²) in [6.45, 7) is 5.49. The molecule has 0 unspecified atom stereocenters. The number of rotatable bonds is 4. The Morgan fingerprint density at radius 2 is 1.68 bits per heavy atom. The van der Waals surface area contributed by atoms with Crippen molar-refractivity contribution in [3.05, 3.63) is 35.6 Å². The summed E-state index contributed by atoms with van der Waals surface area (Å²) >= 11 is 0. The standard InChI is InChI=1S/C16H22FNO/c1-3-18(4-2)15(19)16(11-5-6-12-16)13-7-9-14(17)10-8-13/h7-10H,3-6,11-12H2,1-2H3. The van der Waals surface area contributed by atoms with E-state index in [9.17, 15) is 9.18 Å². The van der Waals surface area contributed by atoms with Gasteiger partial charge in [0.05, 0.1) is 5.41 Å². The molecule has 0 bridgehead atoms. The van der Waals surface area contributed by atoms with Gasteiger partial charge in [-0.25, -0.2) is 4.39 Å². The number of amides is 1. The molecule has 0 aliphatic heterocycles. The fourth-order valence-electron chi connectivity index (χ4n) is 3.19. The summed E-state index contributed by atoms with van der Waals surface area (Å²) in [5.41, 5.74) is 0.558. The van der Waals surface area contributed by atoms with Crippen molar-refractivity contribution in [3.8, 4) is 0 Å². The SMILES string of the molecule is CCN(CC)C(=O)C1(c2ccc(F)cc2)CCCC1. The highest BCUT2D eigenvalue weighted by Crippen LogP contribution is 2.42. The summed E-state index contributed by atoms with van der Waals surface area (Å²) in [6, 6.07) is 6.49. The maximum atomic E-state index is 13.1. The van der Waals surface area contributed by atoms with Crippen molar-refractivity contribution in [2.75, 3.05) is 13.1 Å². The molecular formula is C16H22FNO. The van der Waals surface area contributed by atoms with Crippen LogP contribution in [0, 0.1) is 5.82 Å². The number of halogens is 1. The zero-order valence-corrected chi connectivity index (χ0v) is 11.8. The average molecular weight is 263 g/mol. The first-order valence-electron chi connectivity index (χ1n) is 7.19. The lowest BCUT2D eigenvalue weighted by molar-refractivity contribution is -0.137. The van der Waals surface area contributed by atoms with Crippen molar-refractivity contribution in [1.82, 2.24) is 4.90 Å². The third-order valence-electron chi connectivity index (χ3n) is 4.31. The zero-order valence-electron chi connectivity index (χ0n) is 11.8. The van der Waals surface area contributed by atoms with Crippen LogP contribution in [-0.4, -0.2) is 23.9 Å². The molecule has 1 aliphatic rings.